The van der Waals surface area contributed by atoms with Gasteiger partial charge in [0.1, 0.15) is 11.3 Å². The summed E-state index contributed by atoms with van der Waals surface area (Å²) in [5.41, 5.74) is -0.365. The number of amides is 2. The summed E-state index contributed by atoms with van der Waals surface area (Å²) in [7, 11) is 1.94. The fourth-order valence-electron chi connectivity index (χ4n) is 4.06. The molecule has 2 fully saturated rings. The first kappa shape index (κ1) is 18.7. The van der Waals surface area contributed by atoms with E-state index in [-0.39, 0.29) is 23.4 Å². The van der Waals surface area contributed by atoms with Crippen LogP contribution in [0.4, 0.5) is 0 Å². The zero-order valence-electron chi connectivity index (χ0n) is 15.9. The molecule has 1 aromatic heterocycles. The third kappa shape index (κ3) is 3.70. The van der Waals surface area contributed by atoms with Gasteiger partial charge in [0.05, 0.1) is 6.54 Å². The molecule has 2 atom stereocenters. The van der Waals surface area contributed by atoms with E-state index >= 15 is 0 Å². The SMILES string of the molecule is Cc1o[nH]c(=O)c1C(=O)N1CC2CC(NC(=O)CN(C)C(C)C)CC2C1. The Kier molecular flexibility index (Phi) is 5.22. The maximum absolute atomic E-state index is 12.6. The predicted molar refractivity (Wildman–Crippen MR) is 95.9 cm³/mol. The molecule has 2 heterocycles. The van der Waals surface area contributed by atoms with Gasteiger partial charge in [-0.05, 0) is 52.5 Å². The molecule has 1 saturated carbocycles. The number of carbonyl (C=O) groups is 2. The van der Waals surface area contributed by atoms with Crippen LogP contribution in [0.3, 0.4) is 0 Å². The van der Waals surface area contributed by atoms with Gasteiger partial charge in [-0.15, -0.1) is 0 Å². The normalized spacial score (nSPS) is 25.2. The summed E-state index contributed by atoms with van der Waals surface area (Å²) in [5, 5.41) is 5.34. The maximum Gasteiger partial charge on any atom is 0.293 e. The van der Waals surface area contributed by atoms with Crippen molar-refractivity contribution in [3.05, 3.63) is 21.7 Å². The van der Waals surface area contributed by atoms with Gasteiger partial charge in [0.25, 0.3) is 11.5 Å². The fraction of sp³-hybridized carbons (Fsp3) is 0.722. The van der Waals surface area contributed by atoms with Crippen LogP contribution in [-0.4, -0.2) is 65.5 Å². The molecule has 26 heavy (non-hydrogen) atoms. The molecule has 1 aromatic rings. The quantitative estimate of drug-likeness (QED) is 0.796. The number of H-pyrrole nitrogens is 1. The first-order valence-corrected chi connectivity index (χ1v) is 9.23. The largest absolute Gasteiger partial charge is 0.383 e. The van der Waals surface area contributed by atoms with Crippen molar-refractivity contribution in [2.75, 3.05) is 26.7 Å². The zero-order valence-corrected chi connectivity index (χ0v) is 15.9. The Morgan fingerprint density at radius 1 is 1.31 bits per heavy atom. The first-order chi connectivity index (χ1) is 12.3. The van der Waals surface area contributed by atoms with Gasteiger partial charge in [0.2, 0.25) is 5.91 Å². The fourth-order valence-corrected chi connectivity index (χ4v) is 4.06. The highest BCUT2D eigenvalue weighted by Gasteiger charge is 2.43. The number of likely N-dealkylation sites (tertiary alicyclic amines) is 1. The van der Waals surface area contributed by atoms with E-state index in [2.05, 4.69) is 24.3 Å². The summed E-state index contributed by atoms with van der Waals surface area (Å²) in [4.78, 5) is 40.3. The van der Waals surface area contributed by atoms with Crippen molar-refractivity contribution in [1.29, 1.82) is 0 Å². The van der Waals surface area contributed by atoms with Crippen molar-refractivity contribution < 1.29 is 14.1 Å². The minimum absolute atomic E-state index is 0.0552. The average Bonchev–Trinajstić information content (AvgIpc) is 3.20. The zero-order chi connectivity index (χ0) is 19.0. The third-order valence-electron chi connectivity index (χ3n) is 5.77. The number of aromatic nitrogens is 1. The molecule has 8 heteroatoms. The summed E-state index contributed by atoms with van der Waals surface area (Å²) in [5.74, 6) is 0.874. The number of nitrogens with one attached hydrogen (secondary N) is 2. The Balaban J connectivity index is 1.52. The summed E-state index contributed by atoms with van der Waals surface area (Å²) in [6.07, 6.45) is 1.76. The topological polar surface area (TPSA) is 98.6 Å². The molecular formula is C18H28N4O4. The van der Waals surface area contributed by atoms with Crippen molar-refractivity contribution in [2.45, 2.75) is 45.7 Å². The highest BCUT2D eigenvalue weighted by molar-refractivity contribution is 5.94. The lowest BCUT2D eigenvalue weighted by molar-refractivity contribution is -0.123. The molecule has 1 saturated heterocycles. The number of rotatable bonds is 5. The van der Waals surface area contributed by atoms with Gasteiger partial charge in [-0.2, -0.15) is 5.16 Å². The Hall–Kier alpha value is -2.09. The molecule has 2 unspecified atom stereocenters. The van der Waals surface area contributed by atoms with Gasteiger partial charge >= 0.3 is 0 Å². The molecule has 2 aliphatic rings. The molecule has 0 aromatic carbocycles. The molecule has 2 amide bonds. The van der Waals surface area contributed by atoms with Gasteiger partial charge in [-0.1, -0.05) is 0 Å². The van der Waals surface area contributed by atoms with Crippen LogP contribution in [0.2, 0.25) is 0 Å². The van der Waals surface area contributed by atoms with Crippen molar-refractivity contribution in [3.8, 4) is 0 Å². The standard InChI is InChI=1S/C18H28N4O4/c1-10(2)21(4)9-15(23)19-14-5-12-7-22(8-13(12)6-14)18(25)16-11(3)26-20-17(16)24/h10,12-14H,5-9H2,1-4H3,(H,19,23)(H,20,24). The minimum atomic E-state index is -0.469. The van der Waals surface area contributed by atoms with Crippen molar-refractivity contribution in [2.24, 2.45) is 11.8 Å². The van der Waals surface area contributed by atoms with Crippen LogP contribution >= 0.6 is 0 Å². The molecule has 2 N–H and O–H groups in total. The van der Waals surface area contributed by atoms with Gasteiger partial charge in [-0.3, -0.25) is 19.3 Å². The van der Waals surface area contributed by atoms with E-state index in [1.165, 1.54) is 0 Å². The van der Waals surface area contributed by atoms with Gasteiger partial charge in [0, 0.05) is 25.2 Å². The van der Waals surface area contributed by atoms with Crippen molar-refractivity contribution in [1.82, 2.24) is 20.3 Å². The Morgan fingerprint density at radius 3 is 2.42 bits per heavy atom. The Labute approximate surface area is 152 Å². The summed E-state index contributed by atoms with van der Waals surface area (Å²) in [6, 6.07) is 0.507. The average molecular weight is 364 g/mol. The molecule has 0 spiro atoms. The number of hydrogen-bond acceptors (Lipinski definition) is 5. The summed E-state index contributed by atoms with van der Waals surface area (Å²) in [6.45, 7) is 7.40. The van der Waals surface area contributed by atoms with Crippen LogP contribution in [0.25, 0.3) is 0 Å². The van der Waals surface area contributed by atoms with Gasteiger partial charge < -0.3 is 14.7 Å². The highest BCUT2D eigenvalue weighted by Crippen LogP contribution is 2.38. The highest BCUT2D eigenvalue weighted by atomic mass is 16.5. The second-order valence-corrected chi connectivity index (χ2v) is 7.94. The molecule has 8 nitrogen and oxygen atoms in total. The lowest BCUT2D eigenvalue weighted by atomic mass is 10.0. The van der Waals surface area contributed by atoms with E-state index in [4.69, 9.17) is 4.52 Å². The molecule has 1 aliphatic carbocycles. The van der Waals surface area contributed by atoms with Crippen LogP contribution in [-0.2, 0) is 4.79 Å². The lowest BCUT2D eigenvalue weighted by Crippen LogP contribution is -2.42. The Morgan fingerprint density at radius 2 is 1.92 bits per heavy atom. The minimum Gasteiger partial charge on any atom is -0.383 e. The van der Waals surface area contributed by atoms with Crippen LogP contribution < -0.4 is 10.9 Å². The smallest absolute Gasteiger partial charge is 0.293 e. The van der Waals surface area contributed by atoms with Crippen molar-refractivity contribution in [3.63, 3.8) is 0 Å². The van der Waals surface area contributed by atoms with E-state index in [0.29, 0.717) is 43.3 Å². The van der Waals surface area contributed by atoms with E-state index < -0.39 is 5.56 Å². The van der Waals surface area contributed by atoms with E-state index in [9.17, 15) is 14.4 Å². The lowest BCUT2D eigenvalue weighted by Gasteiger charge is -2.23. The van der Waals surface area contributed by atoms with Gasteiger partial charge in [-0.25, -0.2) is 0 Å². The number of hydrogen-bond donors (Lipinski definition) is 2. The van der Waals surface area contributed by atoms with Crippen LogP contribution in [0.5, 0.6) is 0 Å². The molecule has 0 bridgehead atoms. The maximum atomic E-state index is 12.6. The molecular weight excluding hydrogens is 336 g/mol. The molecule has 144 valence electrons. The molecule has 3 rings (SSSR count). The number of nitrogens with zero attached hydrogens (tertiary/aromatic N) is 2. The number of fused-ring (bicyclic) bond motifs is 1. The van der Waals surface area contributed by atoms with Gasteiger partial charge in [0.15, 0.2) is 0 Å². The first-order valence-electron chi connectivity index (χ1n) is 9.23. The predicted octanol–water partition coefficient (Wildman–Crippen LogP) is 0.583. The van der Waals surface area contributed by atoms with E-state index in [1.807, 2.05) is 11.9 Å². The number of aromatic amines is 1. The van der Waals surface area contributed by atoms with Crippen LogP contribution in [0, 0.1) is 18.8 Å². The third-order valence-corrected chi connectivity index (χ3v) is 5.77. The summed E-state index contributed by atoms with van der Waals surface area (Å²) < 4.78 is 4.94. The monoisotopic (exact) mass is 364 g/mol. The number of carbonyl (C=O) groups excluding carboxylic acids is 2. The number of likely N-dealkylation sites (N-methyl/N-ethyl adjacent to an activating group) is 1. The van der Waals surface area contributed by atoms with Crippen LogP contribution in [0.15, 0.2) is 9.32 Å². The van der Waals surface area contributed by atoms with E-state index in [0.717, 1.165) is 12.8 Å². The van der Waals surface area contributed by atoms with Crippen molar-refractivity contribution >= 4 is 11.8 Å². The molecule has 0 radical (unpaired) electrons. The summed E-state index contributed by atoms with van der Waals surface area (Å²) >= 11 is 0. The second-order valence-electron chi connectivity index (χ2n) is 7.94. The second kappa shape index (κ2) is 7.26. The molecule has 1 aliphatic heterocycles. The number of aryl methyl sites for hydroxylation is 1. The van der Waals surface area contributed by atoms with E-state index in [1.54, 1.807) is 11.8 Å². The van der Waals surface area contributed by atoms with Crippen LogP contribution in [0.1, 0.15) is 42.8 Å². The Bertz CT molecular complexity index is 724.